The van der Waals surface area contributed by atoms with Gasteiger partial charge >= 0.3 is 0 Å². The van der Waals surface area contributed by atoms with Gasteiger partial charge in [-0.25, -0.2) is 0 Å². The van der Waals surface area contributed by atoms with Gasteiger partial charge in [-0.2, -0.15) is 0 Å². The Balaban J connectivity index is 1.85. The number of ketones is 1. The van der Waals surface area contributed by atoms with Crippen LogP contribution >= 0.6 is 0 Å². The predicted octanol–water partition coefficient (Wildman–Crippen LogP) is 2.38. The zero-order chi connectivity index (χ0) is 16.1. The van der Waals surface area contributed by atoms with Gasteiger partial charge in [0.05, 0.1) is 11.8 Å². The monoisotopic (exact) mass is 302 g/mol. The maximum Gasteiger partial charge on any atom is 0.228 e. The molecule has 2 N–H and O–H groups in total. The standard InChI is InChI=1S/C17H22N2O3/c1-3-4-8-18-16(21)14-10-15(14)17(22)19-13-7-5-6-12(9-13)11(2)20/h5-7,9,14-15H,3-4,8,10H2,1-2H3,(H,18,21)(H,19,22). The highest BCUT2D eigenvalue weighted by atomic mass is 16.2. The molecule has 118 valence electrons. The van der Waals surface area contributed by atoms with Crippen LogP contribution in [-0.2, 0) is 9.59 Å². The van der Waals surface area contributed by atoms with Gasteiger partial charge in [0.15, 0.2) is 5.78 Å². The second-order valence-corrected chi connectivity index (χ2v) is 5.72. The van der Waals surface area contributed by atoms with Crippen molar-refractivity contribution in [3.05, 3.63) is 29.8 Å². The fraction of sp³-hybridized carbons (Fsp3) is 0.471. The molecule has 0 spiro atoms. The Hall–Kier alpha value is -2.17. The molecule has 1 aromatic rings. The van der Waals surface area contributed by atoms with Crippen LogP contribution in [0.2, 0.25) is 0 Å². The van der Waals surface area contributed by atoms with Crippen LogP contribution in [0.15, 0.2) is 24.3 Å². The highest BCUT2D eigenvalue weighted by Gasteiger charge is 2.47. The van der Waals surface area contributed by atoms with Gasteiger partial charge in [-0.05, 0) is 31.9 Å². The second kappa shape index (κ2) is 7.20. The number of anilines is 1. The van der Waals surface area contributed by atoms with Crippen molar-refractivity contribution >= 4 is 23.3 Å². The Morgan fingerprint density at radius 1 is 1.18 bits per heavy atom. The molecule has 2 atom stereocenters. The maximum atomic E-state index is 12.1. The van der Waals surface area contributed by atoms with Crippen molar-refractivity contribution < 1.29 is 14.4 Å². The van der Waals surface area contributed by atoms with Crippen LogP contribution in [0.4, 0.5) is 5.69 Å². The molecule has 0 aliphatic heterocycles. The number of Topliss-reactive ketones (excluding diaryl/α,β-unsaturated/α-hetero) is 1. The summed E-state index contributed by atoms with van der Waals surface area (Å²) in [5.74, 6) is -0.714. The number of nitrogens with one attached hydrogen (secondary N) is 2. The van der Waals surface area contributed by atoms with Crippen molar-refractivity contribution in [1.82, 2.24) is 5.32 Å². The minimum atomic E-state index is -0.261. The first-order chi connectivity index (χ1) is 10.5. The van der Waals surface area contributed by atoms with Crippen molar-refractivity contribution in [3.8, 4) is 0 Å². The first kappa shape index (κ1) is 16.2. The highest BCUT2D eigenvalue weighted by Crippen LogP contribution is 2.39. The molecule has 1 aliphatic rings. The number of carbonyl (C=O) groups is 3. The molecule has 1 fully saturated rings. The third-order valence-electron chi connectivity index (χ3n) is 3.83. The molecule has 5 nitrogen and oxygen atoms in total. The van der Waals surface area contributed by atoms with Crippen molar-refractivity contribution in [1.29, 1.82) is 0 Å². The lowest BCUT2D eigenvalue weighted by Crippen LogP contribution is -2.28. The quantitative estimate of drug-likeness (QED) is 0.600. The summed E-state index contributed by atoms with van der Waals surface area (Å²) in [7, 11) is 0. The van der Waals surface area contributed by atoms with Gasteiger partial charge in [0.25, 0.3) is 0 Å². The van der Waals surface area contributed by atoms with E-state index >= 15 is 0 Å². The summed E-state index contributed by atoms with van der Waals surface area (Å²) in [6.45, 7) is 4.22. The molecule has 5 heteroatoms. The highest BCUT2D eigenvalue weighted by molar-refractivity contribution is 6.01. The minimum Gasteiger partial charge on any atom is -0.356 e. The lowest BCUT2D eigenvalue weighted by Gasteiger charge is -2.06. The molecule has 2 amide bonds. The predicted molar refractivity (Wildman–Crippen MR) is 84.6 cm³/mol. The number of amides is 2. The fourth-order valence-corrected chi connectivity index (χ4v) is 2.34. The largest absolute Gasteiger partial charge is 0.356 e. The van der Waals surface area contributed by atoms with E-state index in [0.29, 0.717) is 24.2 Å². The molecule has 0 aromatic heterocycles. The molecule has 2 unspecified atom stereocenters. The zero-order valence-electron chi connectivity index (χ0n) is 13.0. The van der Waals surface area contributed by atoms with Gasteiger partial charge in [0.1, 0.15) is 0 Å². The van der Waals surface area contributed by atoms with Gasteiger partial charge in [0, 0.05) is 17.8 Å². The number of rotatable bonds is 7. The van der Waals surface area contributed by atoms with E-state index in [1.165, 1.54) is 6.92 Å². The molecular formula is C17H22N2O3. The Kier molecular flexibility index (Phi) is 5.31. The average molecular weight is 302 g/mol. The normalized spacial score (nSPS) is 19.4. The number of hydrogen-bond acceptors (Lipinski definition) is 3. The summed E-state index contributed by atoms with van der Waals surface area (Å²) >= 11 is 0. The molecule has 0 bridgehead atoms. The Morgan fingerprint density at radius 2 is 1.91 bits per heavy atom. The summed E-state index contributed by atoms with van der Waals surface area (Å²) < 4.78 is 0. The van der Waals surface area contributed by atoms with Gasteiger partial charge in [-0.15, -0.1) is 0 Å². The van der Waals surface area contributed by atoms with Gasteiger partial charge < -0.3 is 10.6 Å². The number of carbonyl (C=O) groups excluding carboxylic acids is 3. The second-order valence-electron chi connectivity index (χ2n) is 5.72. The van der Waals surface area contributed by atoms with Crippen molar-refractivity contribution in [3.63, 3.8) is 0 Å². The lowest BCUT2D eigenvalue weighted by molar-refractivity contribution is -0.125. The first-order valence-electron chi connectivity index (χ1n) is 7.72. The lowest BCUT2D eigenvalue weighted by atomic mass is 10.1. The van der Waals surface area contributed by atoms with Gasteiger partial charge in [-0.3, -0.25) is 14.4 Å². The van der Waals surface area contributed by atoms with E-state index in [4.69, 9.17) is 0 Å². The van der Waals surface area contributed by atoms with Gasteiger partial charge in [-0.1, -0.05) is 25.5 Å². The fourth-order valence-electron chi connectivity index (χ4n) is 2.34. The van der Waals surface area contributed by atoms with E-state index in [1.807, 2.05) is 0 Å². The first-order valence-corrected chi connectivity index (χ1v) is 7.72. The average Bonchev–Trinajstić information content (AvgIpc) is 3.28. The Bertz CT molecular complexity index is 583. The van der Waals surface area contributed by atoms with Crippen molar-refractivity contribution in [2.24, 2.45) is 11.8 Å². The van der Waals surface area contributed by atoms with E-state index in [1.54, 1.807) is 24.3 Å². The Morgan fingerprint density at radius 3 is 2.59 bits per heavy atom. The van der Waals surface area contributed by atoms with Crippen LogP contribution in [0.25, 0.3) is 0 Å². The number of hydrogen-bond donors (Lipinski definition) is 2. The van der Waals surface area contributed by atoms with E-state index in [2.05, 4.69) is 17.6 Å². The van der Waals surface area contributed by atoms with Crippen LogP contribution in [0, 0.1) is 11.8 Å². The minimum absolute atomic E-state index is 0.0360. The SMILES string of the molecule is CCCCNC(=O)C1CC1C(=O)Nc1cccc(C(C)=O)c1. The summed E-state index contributed by atoms with van der Waals surface area (Å²) in [4.78, 5) is 35.3. The molecule has 0 radical (unpaired) electrons. The molecule has 1 aliphatic carbocycles. The van der Waals surface area contributed by atoms with Crippen molar-refractivity contribution in [2.75, 3.05) is 11.9 Å². The smallest absolute Gasteiger partial charge is 0.228 e. The third-order valence-corrected chi connectivity index (χ3v) is 3.83. The van der Waals surface area contributed by atoms with Crippen molar-refractivity contribution in [2.45, 2.75) is 33.1 Å². The van der Waals surface area contributed by atoms with E-state index in [0.717, 1.165) is 12.8 Å². The molecule has 1 aromatic carbocycles. The zero-order valence-corrected chi connectivity index (χ0v) is 13.0. The van der Waals surface area contributed by atoms with E-state index < -0.39 is 0 Å². The van der Waals surface area contributed by atoms with Crippen LogP contribution in [0.3, 0.4) is 0 Å². The third kappa shape index (κ3) is 4.16. The summed E-state index contributed by atoms with van der Waals surface area (Å²) in [6, 6.07) is 6.83. The van der Waals surface area contributed by atoms with E-state index in [-0.39, 0.29) is 29.4 Å². The molecule has 1 saturated carbocycles. The van der Waals surface area contributed by atoms with Crippen LogP contribution in [0.1, 0.15) is 43.5 Å². The molecule has 0 heterocycles. The summed E-state index contributed by atoms with van der Waals surface area (Å²) in [5.41, 5.74) is 1.15. The van der Waals surface area contributed by atoms with Crippen LogP contribution in [0.5, 0.6) is 0 Å². The summed E-state index contributed by atoms with van der Waals surface area (Å²) in [6.07, 6.45) is 2.57. The molecule has 2 rings (SSSR count). The van der Waals surface area contributed by atoms with Crippen LogP contribution in [-0.4, -0.2) is 24.1 Å². The summed E-state index contributed by atoms with van der Waals surface area (Å²) in [5, 5.41) is 5.63. The van der Waals surface area contributed by atoms with Gasteiger partial charge in [0.2, 0.25) is 11.8 Å². The Labute approximate surface area is 130 Å². The molecule has 0 saturated heterocycles. The topological polar surface area (TPSA) is 75.3 Å². The molecule has 22 heavy (non-hydrogen) atoms. The maximum absolute atomic E-state index is 12.1. The molecular weight excluding hydrogens is 280 g/mol. The van der Waals surface area contributed by atoms with Crippen LogP contribution < -0.4 is 10.6 Å². The number of unbranched alkanes of at least 4 members (excludes halogenated alkanes) is 1. The van der Waals surface area contributed by atoms with E-state index in [9.17, 15) is 14.4 Å². The number of benzene rings is 1.